The van der Waals surface area contributed by atoms with Crippen LogP contribution in [-0.2, 0) is 14.8 Å². The fourth-order valence-corrected chi connectivity index (χ4v) is 3.96. The van der Waals surface area contributed by atoms with Crippen molar-refractivity contribution >= 4 is 16.0 Å². The number of aliphatic carboxylic acids is 1. The number of aliphatic hydroxyl groups is 1. The van der Waals surface area contributed by atoms with Gasteiger partial charge in [0.1, 0.15) is 12.1 Å². The van der Waals surface area contributed by atoms with Crippen LogP contribution in [-0.4, -0.2) is 47.6 Å². The van der Waals surface area contributed by atoms with Crippen molar-refractivity contribution in [2.24, 2.45) is 0 Å². The number of aliphatic hydroxyl groups excluding tert-OH is 1. The first-order valence-electron chi connectivity index (χ1n) is 5.79. The smallest absolute Gasteiger partial charge is 0.322 e. The molecule has 8 heteroatoms. The summed E-state index contributed by atoms with van der Waals surface area (Å²) in [6.45, 7) is -0.293. The zero-order valence-corrected chi connectivity index (χ0v) is 11.1. The highest BCUT2D eigenvalue weighted by Crippen LogP contribution is 2.28. The van der Waals surface area contributed by atoms with E-state index in [9.17, 15) is 18.3 Å². The average Bonchev–Trinajstić information content (AvgIpc) is 2.82. The first-order valence-corrected chi connectivity index (χ1v) is 7.23. The van der Waals surface area contributed by atoms with E-state index in [-0.39, 0.29) is 23.4 Å². The van der Waals surface area contributed by atoms with E-state index in [2.05, 4.69) is 0 Å². The summed E-state index contributed by atoms with van der Waals surface area (Å²) < 4.78 is 25.7. The molecule has 2 atom stereocenters. The van der Waals surface area contributed by atoms with Gasteiger partial charge in [0.05, 0.1) is 16.6 Å². The molecule has 0 spiro atoms. The van der Waals surface area contributed by atoms with Gasteiger partial charge in [-0.25, -0.2) is 8.42 Å². The third-order valence-corrected chi connectivity index (χ3v) is 5.05. The van der Waals surface area contributed by atoms with Gasteiger partial charge in [-0.1, -0.05) is 12.1 Å². The maximum atomic E-state index is 12.5. The Hall–Kier alpha value is -1.95. The van der Waals surface area contributed by atoms with Crippen LogP contribution in [0.15, 0.2) is 29.2 Å². The zero-order valence-electron chi connectivity index (χ0n) is 10.3. The Labute approximate surface area is 115 Å². The largest absolute Gasteiger partial charge is 0.480 e. The molecule has 1 aromatic rings. The summed E-state index contributed by atoms with van der Waals surface area (Å²) in [4.78, 5) is 10.9. The molecule has 0 saturated carbocycles. The number of carboxylic acid groups (broad SMARTS) is 1. The number of hydrogen-bond acceptors (Lipinski definition) is 5. The van der Waals surface area contributed by atoms with Gasteiger partial charge in [-0.3, -0.25) is 4.79 Å². The van der Waals surface area contributed by atoms with Gasteiger partial charge in [0, 0.05) is 13.0 Å². The summed E-state index contributed by atoms with van der Waals surface area (Å²) in [5.41, 5.74) is -0.0574. The van der Waals surface area contributed by atoms with Gasteiger partial charge in [-0.05, 0) is 12.1 Å². The molecule has 1 aliphatic heterocycles. The molecule has 1 fully saturated rings. The van der Waals surface area contributed by atoms with E-state index in [1.165, 1.54) is 24.3 Å². The highest BCUT2D eigenvalue weighted by atomic mass is 32.2. The van der Waals surface area contributed by atoms with Crippen LogP contribution >= 0.6 is 0 Å². The van der Waals surface area contributed by atoms with Gasteiger partial charge in [-0.15, -0.1) is 0 Å². The summed E-state index contributed by atoms with van der Waals surface area (Å²) in [5.74, 6) is -1.32. The lowest BCUT2D eigenvalue weighted by Gasteiger charge is -2.21. The number of benzene rings is 1. The number of nitrogens with zero attached hydrogens (tertiary/aromatic N) is 2. The molecule has 1 saturated heterocycles. The summed E-state index contributed by atoms with van der Waals surface area (Å²) in [5, 5.41) is 27.5. The Kier molecular flexibility index (Phi) is 3.76. The van der Waals surface area contributed by atoms with Crippen molar-refractivity contribution in [3.05, 3.63) is 29.8 Å². The van der Waals surface area contributed by atoms with E-state index >= 15 is 0 Å². The molecule has 106 valence electrons. The standard InChI is InChI=1S/C12H12N2O5S/c13-6-8-3-1-2-4-11(8)20(18,19)14-7-9(15)5-10(14)12(16)17/h1-4,9-10,15H,5,7H2,(H,16,17)/t9-,10-/m1/s1. The van der Waals surface area contributed by atoms with Crippen LogP contribution in [0.1, 0.15) is 12.0 Å². The molecule has 1 heterocycles. The van der Waals surface area contributed by atoms with Crippen molar-refractivity contribution in [2.75, 3.05) is 6.54 Å². The molecular weight excluding hydrogens is 284 g/mol. The lowest BCUT2D eigenvalue weighted by Crippen LogP contribution is -2.40. The molecule has 1 aromatic carbocycles. The van der Waals surface area contributed by atoms with Gasteiger partial charge in [0.25, 0.3) is 0 Å². The fraction of sp³-hybridized carbons (Fsp3) is 0.333. The van der Waals surface area contributed by atoms with Crippen molar-refractivity contribution in [3.63, 3.8) is 0 Å². The molecule has 7 nitrogen and oxygen atoms in total. The lowest BCUT2D eigenvalue weighted by molar-refractivity contribution is -0.140. The molecule has 2 rings (SSSR count). The highest BCUT2D eigenvalue weighted by molar-refractivity contribution is 7.89. The van der Waals surface area contributed by atoms with Crippen LogP contribution in [0.4, 0.5) is 0 Å². The highest BCUT2D eigenvalue weighted by Gasteiger charge is 2.44. The quantitative estimate of drug-likeness (QED) is 0.795. The number of β-amino-alcohol motifs (C(OH)–C–C–N with tert-alkyl or cyclic N) is 1. The molecule has 2 N–H and O–H groups in total. The Morgan fingerprint density at radius 1 is 1.40 bits per heavy atom. The fourth-order valence-electron chi connectivity index (χ4n) is 2.18. The molecule has 0 amide bonds. The molecular formula is C12H12N2O5S. The van der Waals surface area contributed by atoms with Crippen molar-refractivity contribution in [1.82, 2.24) is 4.31 Å². The molecule has 0 unspecified atom stereocenters. The average molecular weight is 296 g/mol. The second-order valence-corrected chi connectivity index (χ2v) is 6.29. The third kappa shape index (κ3) is 2.38. The number of carbonyl (C=O) groups is 1. The van der Waals surface area contributed by atoms with E-state index in [1.54, 1.807) is 6.07 Å². The predicted molar refractivity (Wildman–Crippen MR) is 67.1 cm³/mol. The first-order chi connectivity index (χ1) is 9.37. The van der Waals surface area contributed by atoms with Crippen molar-refractivity contribution in [1.29, 1.82) is 5.26 Å². The molecule has 0 radical (unpaired) electrons. The maximum absolute atomic E-state index is 12.5. The lowest BCUT2D eigenvalue weighted by atomic mass is 10.2. The summed E-state index contributed by atoms with van der Waals surface area (Å²) in [7, 11) is -4.14. The minimum Gasteiger partial charge on any atom is -0.480 e. The number of nitriles is 1. The summed E-state index contributed by atoms with van der Waals surface area (Å²) in [6, 6.07) is 6.01. The van der Waals surface area contributed by atoms with Gasteiger partial charge < -0.3 is 10.2 Å². The van der Waals surface area contributed by atoms with Gasteiger partial charge in [-0.2, -0.15) is 9.57 Å². The van der Waals surface area contributed by atoms with Crippen molar-refractivity contribution in [2.45, 2.75) is 23.5 Å². The second-order valence-electron chi connectivity index (χ2n) is 4.43. The maximum Gasteiger partial charge on any atom is 0.322 e. The number of hydrogen-bond donors (Lipinski definition) is 2. The third-order valence-electron chi connectivity index (χ3n) is 3.11. The van der Waals surface area contributed by atoms with Crippen LogP contribution in [0.25, 0.3) is 0 Å². The number of rotatable bonds is 3. The molecule has 1 aliphatic rings. The summed E-state index contributed by atoms with van der Waals surface area (Å²) in [6.07, 6.45) is -1.19. The monoisotopic (exact) mass is 296 g/mol. The van der Waals surface area contributed by atoms with Gasteiger partial charge in [0.15, 0.2) is 0 Å². The molecule has 0 bridgehead atoms. The first kappa shape index (κ1) is 14.5. The topological polar surface area (TPSA) is 119 Å². The normalized spacial score (nSPS) is 23.4. The Balaban J connectivity index is 2.50. The van der Waals surface area contributed by atoms with Crippen molar-refractivity contribution < 1.29 is 23.4 Å². The van der Waals surface area contributed by atoms with E-state index in [1.807, 2.05) is 0 Å². The van der Waals surface area contributed by atoms with E-state index in [0.29, 0.717) is 0 Å². The molecule has 20 heavy (non-hydrogen) atoms. The van der Waals surface area contributed by atoms with Crippen LogP contribution < -0.4 is 0 Å². The molecule has 0 aromatic heterocycles. The second kappa shape index (κ2) is 5.20. The van der Waals surface area contributed by atoms with Crippen LogP contribution in [0.3, 0.4) is 0 Å². The van der Waals surface area contributed by atoms with Crippen LogP contribution in [0.5, 0.6) is 0 Å². The van der Waals surface area contributed by atoms with E-state index in [0.717, 1.165) is 4.31 Å². The summed E-state index contributed by atoms with van der Waals surface area (Å²) >= 11 is 0. The predicted octanol–water partition coefficient (Wildman–Crippen LogP) is -0.233. The number of sulfonamides is 1. The van der Waals surface area contributed by atoms with Crippen LogP contribution in [0.2, 0.25) is 0 Å². The Bertz CT molecular complexity index is 679. The van der Waals surface area contributed by atoms with E-state index < -0.39 is 28.1 Å². The van der Waals surface area contributed by atoms with E-state index in [4.69, 9.17) is 10.4 Å². The SMILES string of the molecule is N#Cc1ccccc1S(=O)(=O)N1C[C@H](O)C[C@@H]1C(=O)O. The number of carboxylic acids is 1. The zero-order chi connectivity index (χ0) is 14.9. The van der Waals surface area contributed by atoms with Crippen LogP contribution in [0, 0.1) is 11.3 Å². The Morgan fingerprint density at radius 2 is 2.05 bits per heavy atom. The van der Waals surface area contributed by atoms with Gasteiger partial charge in [0.2, 0.25) is 10.0 Å². The Morgan fingerprint density at radius 3 is 2.65 bits per heavy atom. The minimum absolute atomic E-state index is 0.0574. The minimum atomic E-state index is -4.14. The van der Waals surface area contributed by atoms with Gasteiger partial charge >= 0.3 is 5.97 Å². The molecule has 0 aliphatic carbocycles. The van der Waals surface area contributed by atoms with Crippen molar-refractivity contribution in [3.8, 4) is 6.07 Å².